The monoisotopic (exact) mass is 1110 g/mol. The molecule has 356 valence electrons. The summed E-state index contributed by atoms with van der Waals surface area (Å²) in [7, 11) is -19.2. The molecule has 4 aromatic rings. The van der Waals surface area contributed by atoms with Gasteiger partial charge in [0, 0.05) is 65.7 Å². The van der Waals surface area contributed by atoms with Crippen LogP contribution in [0.1, 0.15) is 77.3 Å². The van der Waals surface area contributed by atoms with E-state index in [0.717, 1.165) is 12.1 Å². The summed E-state index contributed by atoms with van der Waals surface area (Å²) in [5.41, 5.74) is 1.28. The van der Waals surface area contributed by atoms with Gasteiger partial charge in [0.1, 0.15) is 47.5 Å². The van der Waals surface area contributed by atoms with Crippen molar-refractivity contribution in [3.63, 3.8) is 0 Å². The van der Waals surface area contributed by atoms with Gasteiger partial charge in [-0.1, -0.05) is 44.6 Å². The van der Waals surface area contributed by atoms with Gasteiger partial charge in [0.05, 0.1) is 25.0 Å². The van der Waals surface area contributed by atoms with E-state index in [9.17, 15) is 66.3 Å². The number of hydroxylamine groups is 2. The molecule has 0 atom stereocenters. The molecule has 0 bridgehead atoms. The molecule has 3 aliphatic heterocycles. The molecule has 26 heteroatoms. The standard InChI is InChI=1S/C44H45N3O16S4.3K/c1-43(2)36(45(5)32-17-15-28-30(41(32)43)22-26(64(51,52)53)24-34(28)66(57,58)59)12-8-6-9-13-37-44(3,4)42-31-23-27(65(54,55)56)25-35(67(60,61)62)29(31)16-18-33(42)46(37)21-11-7-10-14-40(50)63-47-38(48)19-20-39(47)49;;;/h6,8-9,12-13,15-18,22-25H,7,10-11,14,19-21H2,1-5H3,(H3-,51,52,53,54,55,56,57,58,59,60,61,62);;;/q;3*+1/p-3. The molecule has 0 radical (unpaired) electrons. The fourth-order valence-electron chi connectivity index (χ4n) is 9.26. The second-order valence-corrected chi connectivity index (χ2v) is 22.7. The summed E-state index contributed by atoms with van der Waals surface area (Å²) in [5.74, 6) is -1.97. The summed E-state index contributed by atoms with van der Waals surface area (Å²) in [5, 5.41) is 0.474. The molecule has 0 aliphatic carbocycles. The molecule has 19 nitrogen and oxygen atoms in total. The Morgan fingerprint density at radius 3 is 1.69 bits per heavy atom. The van der Waals surface area contributed by atoms with Crippen LogP contribution >= 0.6 is 0 Å². The first kappa shape index (κ1) is 61.8. The molecule has 7 rings (SSSR count). The van der Waals surface area contributed by atoms with Gasteiger partial charge < -0.3 is 27.9 Å². The maximum Gasteiger partial charge on any atom is 1.00 e. The molecule has 0 N–H and O–H groups in total. The van der Waals surface area contributed by atoms with Crippen molar-refractivity contribution in [2.45, 2.75) is 96.6 Å². The molecule has 4 aromatic carbocycles. The van der Waals surface area contributed by atoms with Crippen molar-refractivity contribution in [1.29, 1.82) is 0 Å². The summed E-state index contributed by atoms with van der Waals surface area (Å²) >= 11 is 0. The quantitative estimate of drug-likeness (QED) is 0.0288. The zero-order chi connectivity index (χ0) is 49.4. The molecule has 0 aromatic heterocycles. The second kappa shape index (κ2) is 22.8. The summed E-state index contributed by atoms with van der Waals surface area (Å²) in [6, 6.07) is 9.14. The number of carbonyl (C=O) groups is 3. The zero-order valence-electron chi connectivity index (χ0n) is 39.5. The summed E-state index contributed by atoms with van der Waals surface area (Å²) in [4.78, 5) is 39.6. The Hall–Kier alpha value is -0.751. The van der Waals surface area contributed by atoms with E-state index >= 15 is 0 Å². The molecule has 3 aliphatic rings. The van der Waals surface area contributed by atoms with E-state index in [1.165, 1.54) is 12.1 Å². The van der Waals surface area contributed by atoms with Crippen LogP contribution < -0.4 is 159 Å². The van der Waals surface area contributed by atoms with Crippen molar-refractivity contribution in [2.24, 2.45) is 0 Å². The first-order chi connectivity index (χ1) is 31.0. The third kappa shape index (κ3) is 12.4. The number of carbonyl (C=O) groups excluding carboxylic acids is 3. The maximum atomic E-state index is 12.4. The minimum Gasteiger partial charge on any atom is -0.744 e. The van der Waals surface area contributed by atoms with Crippen LogP contribution in [0.4, 0.5) is 11.4 Å². The van der Waals surface area contributed by atoms with Crippen molar-refractivity contribution in [1.82, 2.24) is 5.06 Å². The first-order valence-corrected chi connectivity index (χ1v) is 26.2. The van der Waals surface area contributed by atoms with Crippen LogP contribution in [0.2, 0.25) is 0 Å². The molecule has 0 saturated carbocycles. The largest absolute Gasteiger partial charge is 1.00 e. The minimum atomic E-state index is -5.28. The van der Waals surface area contributed by atoms with Gasteiger partial charge in [0.25, 0.3) is 11.8 Å². The van der Waals surface area contributed by atoms with Crippen molar-refractivity contribution in [2.75, 3.05) is 18.5 Å². The molecule has 2 amide bonds. The Balaban J connectivity index is 0.00000355. The van der Waals surface area contributed by atoms with Crippen LogP contribution in [0.25, 0.3) is 21.5 Å². The Labute approximate surface area is 533 Å². The van der Waals surface area contributed by atoms with E-state index in [4.69, 9.17) is 4.84 Å². The normalized spacial score (nSPS) is 17.4. The number of hydrogen-bond acceptors (Lipinski definition) is 17. The van der Waals surface area contributed by atoms with Crippen molar-refractivity contribution in [3.8, 4) is 0 Å². The number of allylic oxidation sites excluding steroid dienone is 6. The van der Waals surface area contributed by atoms with Crippen LogP contribution in [0.15, 0.2) is 104 Å². The number of amides is 2. The zero-order valence-corrected chi connectivity index (χ0v) is 52.1. The summed E-state index contributed by atoms with van der Waals surface area (Å²) in [6.45, 7) is 7.49. The molecule has 0 spiro atoms. The molecule has 0 unspecified atom stereocenters. The molecule has 70 heavy (non-hydrogen) atoms. The van der Waals surface area contributed by atoms with Crippen LogP contribution in [-0.4, -0.2) is 98.6 Å². The molecular weight excluding hydrogens is 1070 g/mol. The summed E-state index contributed by atoms with van der Waals surface area (Å²) < 4.78 is 149. The van der Waals surface area contributed by atoms with Crippen molar-refractivity contribution < 1.29 is 230 Å². The molecule has 1 saturated heterocycles. The first-order valence-electron chi connectivity index (χ1n) is 20.5. The maximum absolute atomic E-state index is 12.4. The van der Waals surface area contributed by atoms with Gasteiger partial charge in [-0.25, -0.2) is 38.5 Å². The number of rotatable bonds is 14. The van der Waals surface area contributed by atoms with Gasteiger partial charge in [-0.15, -0.1) is 5.06 Å². The predicted molar refractivity (Wildman–Crippen MR) is 236 cm³/mol. The number of nitrogens with zero attached hydrogens (tertiary/aromatic N) is 3. The van der Waals surface area contributed by atoms with E-state index in [-0.39, 0.29) is 195 Å². The molecular formula is C44H42K3N3O16S4. The smallest absolute Gasteiger partial charge is 0.744 e. The average molecular weight is 1110 g/mol. The van der Waals surface area contributed by atoms with Gasteiger partial charge >= 0.3 is 160 Å². The van der Waals surface area contributed by atoms with Crippen LogP contribution in [0, 0.1) is 0 Å². The topological polar surface area (TPSA) is 299 Å². The minimum absolute atomic E-state index is 0. The number of unbranched alkanes of at least 4 members (excludes halogenated alkanes) is 2. The van der Waals surface area contributed by atoms with Gasteiger partial charge in [-0.3, -0.25) is 9.59 Å². The molecule has 1 fully saturated rings. The number of anilines is 1. The Morgan fingerprint density at radius 2 is 1.17 bits per heavy atom. The Bertz CT molecular complexity index is 3450. The van der Waals surface area contributed by atoms with Crippen LogP contribution in [-0.2, 0) is 70.5 Å². The van der Waals surface area contributed by atoms with Gasteiger partial charge in [-0.2, -0.15) is 4.58 Å². The van der Waals surface area contributed by atoms with Gasteiger partial charge in [0.2, 0.25) is 5.69 Å². The SMILES string of the molecule is C[N+]1=C(/C=C/C=C/C=C2/N(CCCCCC(=O)ON3C(=O)CCC3=O)c3ccc4c(S(=O)(=O)[O-])cc(S(=O)(=O)[O-])cc4c3C2(C)C)C(C)(C)c2c1ccc1c(S(=O)(=O)[O-])cc(S(=O)(=O)[O-])cc21.[K+].[K+].[K+]. The van der Waals surface area contributed by atoms with E-state index in [1.807, 2.05) is 4.90 Å². The van der Waals surface area contributed by atoms with Crippen LogP contribution in [0.3, 0.4) is 0 Å². The Kier molecular flexibility index (Phi) is 20.2. The fourth-order valence-corrected chi connectivity index (χ4v) is 11.9. The van der Waals surface area contributed by atoms with Crippen LogP contribution in [0.5, 0.6) is 0 Å². The van der Waals surface area contributed by atoms with Gasteiger partial charge in [-0.05, 0) is 90.9 Å². The number of imide groups is 1. The van der Waals surface area contributed by atoms with E-state index < -0.39 is 88.7 Å². The van der Waals surface area contributed by atoms with Crippen molar-refractivity contribution >= 4 is 96.9 Å². The number of hydrogen-bond donors (Lipinski definition) is 0. The van der Waals surface area contributed by atoms with Crippen molar-refractivity contribution in [3.05, 3.63) is 95.7 Å². The third-order valence-corrected chi connectivity index (χ3v) is 15.6. The summed E-state index contributed by atoms with van der Waals surface area (Å²) in [6.07, 6.45) is 9.66. The second-order valence-electron chi connectivity index (χ2n) is 17.3. The number of fused-ring (bicyclic) bond motifs is 6. The van der Waals surface area contributed by atoms with Gasteiger partial charge in [0.15, 0.2) is 5.71 Å². The molecule has 3 heterocycles. The fraction of sp³-hybridized carbons (Fsp3) is 0.318. The van der Waals surface area contributed by atoms with E-state index in [1.54, 1.807) is 81.8 Å². The van der Waals surface area contributed by atoms with E-state index in [0.29, 0.717) is 76.9 Å². The average Bonchev–Trinajstić information content (AvgIpc) is 3.72. The van der Waals surface area contributed by atoms with E-state index in [2.05, 4.69) is 0 Å². The Morgan fingerprint density at radius 1 is 0.657 bits per heavy atom. The predicted octanol–water partition coefficient (Wildman–Crippen LogP) is -4.41. The third-order valence-electron chi connectivity index (χ3n) is 12.2. The number of benzene rings is 4.